The van der Waals surface area contributed by atoms with Gasteiger partial charge in [-0.25, -0.2) is 4.79 Å². The summed E-state index contributed by atoms with van der Waals surface area (Å²) in [5.41, 5.74) is 1.39. The summed E-state index contributed by atoms with van der Waals surface area (Å²) in [5.74, 6) is 0.593. The van der Waals surface area contributed by atoms with E-state index in [0.717, 1.165) is 5.56 Å². The van der Waals surface area contributed by atoms with Crippen LogP contribution in [-0.2, 0) is 6.61 Å². The van der Waals surface area contributed by atoms with Gasteiger partial charge in [0.25, 0.3) is 0 Å². The monoisotopic (exact) mass is 324 g/mol. The molecule has 0 unspecified atom stereocenters. The summed E-state index contributed by atoms with van der Waals surface area (Å²) in [5, 5.41) is 4.04. The topological polar surface area (TPSA) is 50.4 Å². The number of amides is 2. The number of carbonyl (C=O) groups excluding carboxylic acids is 1. The molecule has 4 nitrogen and oxygen atoms in total. The molecule has 122 valence electrons. The summed E-state index contributed by atoms with van der Waals surface area (Å²) in [6.07, 6.45) is -4.44. The van der Waals surface area contributed by atoms with E-state index >= 15 is 0 Å². The maximum absolute atomic E-state index is 12.0. The highest BCUT2D eigenvalue weighted by Gasteiger charge is 2.27. The fraction of sp³-hybridized carbons (Fsp3) is 0.188. The first kappa shape index (κ1) is 16.7. The summed E-state index contributed by atoms with van der Waals surface area (Å²) in [6, 6.07) is 15.0. The second-order valence-electron chi connectivity index (χ2n) is 4.72. The van der Waals surface area contributed by atoms with E-state index in [1.54, 1.807) is 29.6 Å². The molecule has 23 heavy (non-hydrogen) atoms. The van der Waals surface area contributed by atoms with Crippen LogP contribution in [-0.4, -0.2) is 18.8 Å². The van der Waals surface area contributed by atoms with Crippen LogP contribution in [0.5, 0.6) is 5.75 Å². The minimum atomic E-state index is -4.44. The largest absolute Gasteiger partial charge is 0.489 e. The van der Waals surface area contributed by atoms with E-state index in [2.05, 4.69) is 5.32 Å². The molecule has 0 fully saturated rings. The van der Waals surface area contributed by atoms with Crippen LogP contribution in [0.2, 0.25) is 0 Å². The van der Waals surface area contributed by atoms with Gasteiger partial charge in [0.1, 0.15) is 18.9 Å². The van der Waals surface area contributed by atoms with Gasteiger partial charge in [-0.2, -0.15) is 13.2 Å². The van der Waals surface area contributed by atoms with Crippen LogP contribution in [0.1, 0.15) is 5.56 Å². The first-order chi connectivity index (χ1) is 10.9. The quantitative estimate of drug-likeness (QED) is 0.875. The van der Waals surface area contributed by atoms with E-state index in [1.165, 1.54) is 0 Å². The highest BCUT2D eigenvalue weighted by Crippen LogP contribution is 2.17. The van der Waals surface area contributed by atoms with Crippen molar-refractivity contribution in [2.75, 3.05) is 11.9 Å². The van der Waals surface area contributed by atoms with Crippen LogP contribution in [0.25, 0.3) is 0 Å². The van der Waals surface area contributed by atoms with Crippen LogP contribution in [0, 0.1) is 0 Å². The third-order valence-corrected chi connectivity index (χ3v) is 2.81. The van der Waals surface area contributed by atoms with Crippen molar-refractivity contribution in [3.63, 3.8) is 0 Å². The highest BCUT2D eigenvalue weighted by molar-refractivity contribution is 5.89. The zero-order valence-corrected chi connectivity index (χ0v) is 12.1. The molecule has 0 heterocycles. The molecule has 0 saturated carbocycles. The summed E-state index contributed by atoms with van der Waals surface area (Å²) >= 11 is 0. The lowest BCUT2D eigenvalue weighted by Crippen LogP contribution is -2.36. The second kappa shape index (κ2) is 7.53. The van der Waals surface area contributed by atoms with Crippen molar-refractivity contribution < 1.29 is 22.7 Å². The van der Waals surface area contributed by atoms with Crippen LogP contribution in [0.4, 0.5) is 23.7 Å². The third-order valence-electron chi connectivity index (χ3n) is 2.81. The number of alkyl halides is 3. The van der Waals surface area contributed by atoms with Gasteiger partial charge in [-0.05, 0) is 29.8 Å². The molecule has 2 aromatic carbocycles. The first-order valence-electron chi connectivity index (χ1n) is 6.81. The molecule has 2 amide bonds. The van der Waals surface area contributed by atoms with Crippen molar-refractivity contribution in [2.24, 2.45) is 0 Å². The number of hydrogen-bond acceptors (Lipinski definition) is 2. The van der Waals surface area contributed by atoms with E-state index in [1.807, 2.05) is 30.3 Å². The Morgan fingerprint density at radius 1 is 1.00 bits per heavy atom. The van der Waals surface area contributed by atoms with Crippen LogP contribution >= 0.6 is 0 Å². The molecule has 2 aromatic rings. The molecule has 0 atom stereocenters. The molecule has 0 bridgehead atoms. The molecule has 0 saturated heterocycles. The summed E-state index contributed by atoms with van der Waals surface area (Å²) in [7, 11) is 0. The average Bonchev–Trinajstić information content (AvgIpc) is 2.53. The molecule has 0 aliphatic rings. The van der Waals surface area contributed by atoms with E-state index in [-0.39, 0.29) is 0 Å². The number of urea groups is 1. The van der Waals surface area contributed by atoms with Crippen molar-refractivity contribution in [3.05, 3.63) is 60.2 Å². The molecule has 0 spiro atoms. The maximum atomic E-state index is 12.0. The Kier molecular flexibility index (Phi) is 5.46. The fourth-order valence-corrected chi connectivity index (χ4v) is 1.73. The standard InChI is InChI=1S/C16H15F3N2O2/c17-16(18,19)11-20-15(22)21-13-6-8-14(9-7-13)23-10-12-4-2-1-3-5-12/h1-9H,10-11H2,(H2,20,21,22). The van der Waals surface area contributed by atoms with Crippen LogP contribution < -0.4 is 15.4 Å². The molecular weight excluding hydrogens is 309 g/mol. The predicted molar refractivity (Wildman–Crippen MR) is 80.3 cm³/mol. The zero-order valence-electron chi connectivity index (χ0n) is 12.1. The molecule has 2 N–H and O–H groups in total. The molecule has 2 rings (SSSR count). The van der Waals surface area contributed by atoms with Crippen molar-refractivity contribution in [2.45, 2.75) is 12.8 Å². The van der Waals surface area contributed by atoms with E-state index in [4.69, 9.17) is 4.74 Å². The summed E-state index contributed by atoms with van der Waals surface area (Å²) in [4.78, 5) is 11.3. The molecule has 7 heteroatoms. The Bertz CT molecular complexity index is 628. The third kappa shape index (κ3) is 6.29. The molecule has 0 radical (unpaired) electrons. The van der Waals surface area contributed by atoms with Crippen molar-refractivity contribution in [1.29, 1.82) is 0 Å². The molecule has 0 aliphatic carbocycles. The van der Waals surface area contributed by atoms with Gasteiger partial charge in [0.05, 0.1) is 0 Å². The Balaban J connectivity index is 1.81. The lowest BCUT2D eigenvalue weighted by molar-refractivity contribution is -0.122. The number of benzene rings is 2. The van der Waals surface area contributed by atoms with Gasteiger partial charge in [0.15, 0.2) is 0 Å². The zero-order chi connectivity index (χ0) is 16.7. The normalized spacial score (nSPS) is 10.9. The number of carbonyl (C=O) groups is 1. The number of nitrogens with one attached hydrogen (secondary N) is 2. The number of ether oxygens (including phenoxy) is 1. The summed E-state index contributed by atoms with van der Waals surface area (Å²) in [6.45, 7) is -0.975. The molecule has 0 aliphatic heterocycles. The van der Waals surface area contributed by atoms with Crippen molar-refractivity contribution in [3.8, 4) is 5.75 Å². The first-order valence-corrected chi connectivity index (χ1v) is 6.81. The number of rotatable bonds is 5. The highest BCUT2D eigenvalue weighted by atomic mass is 19.4. The fourth-order valence-electron chi connectivity index (χ4n) is 1.73. The number of anilines is 1. The Hall–Kier alpha value is -2.70. The number of hydrogen-bond donors (Lipinski definition) is 2. The smallest absolute Gasteiger partial charge is 0.405 e. The van der Waals surface area contributed by atoms with Gasteiger partial charge in [0.2, 0.25) is 0 Å². The lowest BCUT2D eigenvalue weighted by atomic mass is 10.2. The van der Waals surface area contributed by atoms with Crippen molar-refractivity contribution in [1.82, 2.24) is 5.32 Å². The predicted octanol–water partition coefficient (Wildman–Crippen LogP) is 3.95. The minimum Gasteiger partial charge on any atom is -0.489 e. The summed E-state index contributed by atoms with van der Waals surface area (Å²) < 4.78 is 41.5. The SMILES string of the molecule is O=C(NCC(F)(F)F)Nc1ccc(OCc2ccccc2)cc1. The maximum Gasteiger partial charge on any atom is 0.405 e. The second-order valence-corrected chi connectivity index (χ2v) is 4.72. The van der Waals surface area contributed by atoms with E-state index in [9.17, 15) is 18.0 Å². The van der Waals surface area contributed by atoms with Gasteiger partial charge in [-0.15, -0.1) is 0 Å². The van der Waals surface area contributed by atoms with Gasteiger partial charge < -0.3 is 15.4 Å². The van der Waals surface area contributed by atoms with Gasteiger partial charge >= 0.3 is 12.2 Å². The number of halogens is 3. The van der Waals surface area contributed by atoms with Crippen LogP contribution in [0.3, 0.4) is 0 Å². The van der Waals surface area contributed by atoms with Crippen molar-refractivity contribution >= 4 is 11.7 Å². The molecule has 0 aromatic heterocycles. The Morgan fingerprint density at radius 3 is 2.26 bits per heavy atom. The Morgan fingerprint density at radius 2 is 1.65 bits per heavy atom. The average molecular weight is 324 g/mol. The van der Waals surface area contributed by atoms with Crippen LogP contribution in [0.15, 0.2) is 54.6 Å². The lowest BCUT2D eigenvalue weighted by Gasteiger charge is -2.10. The van der Waals surface area contributed by atoms with Gasteiger partial charge in [0, 0.05) is 5.69 Å². The minimum absolute atomic E-state index is 0.372. The van der Waals surface area contributed by atoms with E-state index in [0.29, 0.717) is 18.0 Å². The molecular formula is C16H15F3N2O2. The Labute approximate surface area is 131 Å². The van der Waals surface area contributed by atoms with Gasteiger partial charge in [-0.3, -0.25) is 0 Å². The van der Waals surface area contributed by atoms with Gasteiger partial charge in [-0.1, -0.05) is 30.3 Å². The van der Waals surface area contributed by atoms with E-state index < -0.39 is 18.8 Å².